The van der Waals surface area contributed by atoms with Gasteiger partial charge in [-0.05, 0) is 54.0 Å². The summed E-state index contributed by atoms with van der Waals surface area (Å²) >= 11 is 0. The Bertz CT molecular complexity index is 1190. The standard InChI is InChI=1S/C31H36N2O4/c1-23-4-8-25(9-5-23)26-10-13-30-28(20-26)21-27(14-17-37-30)31(34)32-29-11-6-24(7-12-29)22-33(15-18-35-2)16-19-36-3/h4-13,20-21H,14-19,22H2,1-3H3,(H,32,34). The molecule has 1 amide bonds. The molecular weight excluding hydrogens is 464 g/mol. The molecule has 0 spiro atoms. The summed E-state index contributed by atoms with van der Waals surface area (Å²) in [6.45, 7) is 6.36. The second-order valence-corrected chi connectivity index (χ2v) is 9.30. The van der Waals surface area contributed by atoms with Crippen LogP contribution in [0.25, 0.3) is 17.2 Å². The van der Waals surface area contributed by atoms with Gasteiger partial charge in [-0.2, -0.15) is 0 Å². The van der Waals surface area contributed by atoms with Gasteiger partial charge in [0.05, 0.1) is 19.8 Å². The first-order chi connectivity index (χ1) is 18.1. The van der Waals surface area contributed by atoms with Crippen molar-refractivity contribution >= 4 is 17.7 Å². The van der Waals surface area contributed by atoms with Crippen molar-refractivity contribution in [1.82, 2.24) is 4.90 Å². The van der Waals surface area contributed by atoms with Crippen molar-refractivity contribution in [1.29, 1.82) is 0 Å². The molecule has 0 saturated heterocycles. The molecule has 6 nitrogen and oxygen atoms in total. The molecule has 3 aromatic carbocycles. The number of benzene rings is 3. The zero-order valence-electron chi connectivity index (χ0n) is 22.0. The minimum Gasteiger partial charge on any atom is -0.493 e. The van der Waals surface area contributed by atoms with Crippen LogP contribution in [-0.4, -0.2) is 57.9 Å². The quantitative estimate of drug-likeness (QED) is 0.373. The number of fused-ring (bicyclic) bond motifs is 1. The molecule has 0 radical (unpaired) electrons. The number of hydrogen-bond acceptors (Lipinski definition) is 5. The normalized spacial score (nSPS) is 12.9. The minimum absolute atomic E-state index is 0.105. The highest BCUT2D eigenvalue weighted by molar-refractivity contribution is 6.07. The van der Waals surface area contributed by atoms with Gasteiger partial charge in [-0.3, -0.25) is 9.69 Å². The van der Waals surface area contributed by atoms with Crippen LogP contribution in [0.15, 0.2) is 72.3 Å². The number of aryl methyl sites for hydroxylation is 1. The number of carbonyl (C=O) groups excluding carboxylic acids is 1. The summed E-state index contributed by atoms with van der Waals surface area (Å²) in [5.41, 5.74) is 7.03. The van der Waals surface area contributed by atoms with E-state index in [9.17, 15) is 4.79 Å². The van der Waals surface area contributed by atoms with E-state index in [0.29, 0.717) is 31.8 Å². The lowest BCUT2D eigenvalue weighted by atomic mass is 10.00. The highest BCUT2D eigenvalue weighted by Gasteiger charge is 2.17. The summed E-state index contributed by atoms with van der Waals surface area (Å²) in [6.07, 6.45) is 2.50. The summed E-state index contributed by atoms with van der Waals surface area (Å²) < 4.78 is 16.4. The molecule has 1 aliphatic rings. The highest BCUT2D eigenvalue weighted by Crippen LogP contribution is 2.31. The number of carbonyl (C=O) groups is 1. The van der Waals surface area contributed by atoms with Crippen molar-refractivity contribution < 1.29 is 19.0 Å². The average molecular weight is 501 g/mol. The van der Waals surface area contributed by atoms with E-state index in [1.54, 1.807) is 14.2 Å². The fourth-order valence-corrected chi connectivity index (χ4v) is 4.30. The minimum atomic E-state index is -0.105. The Labute approximate surface area is 219 Å². The zero-order valence-corrected chi connectivity index (χ0v) is 22.0. The first-order valence-electron chi connectivity index (χ1n) is 12.7. The first kappa shape index (κ1) is 26.6. The van der Waals surface area contributed by atoms with Crippen LogP contribution in [0.1, 0.15) is 23.1 Å². The SMILES string of the molecule is COCCN(CCOC)Cc1ccc(NC(=O)C2=Cc3cc(-c4ccc(C)cc4)ccc3OCC2)cc1. The number of nitrogens with zero attached hydrogens (tertiary/aromatic N) is 1. The number of methoxy groups -OCH3 is 2. The maximum absolute atomic E-state index is 13.2. The predicted molar refractivity (Wildman–Crippen MR) is 149 cm³/mol. The Hall–Kier alpha value is -3.45. The van der Waals surface area contributed by atoms with Crippen LogP contribution in [0.5, 0.6) is 5.75 Å². The summed E-state index contributed by atoms with van der Waals surface area (Å²) in [7, 11) is 3.42. The third-order valence-corrected chi connectivity index (χ3v) is 6.49. The molecule has 0 fully saturated rings. The van der Waals surface area contributed by atoms with Gasteiger partial charge < -0.3 is 19.5 Å². The second kappa shape index (κ2) is 13.2. The van der Waals surface area contributed by atoms with Crippen LogP contribution in [0.3, 0.4) is 0 Å². The van der Waals surface area contributed by atoms with Gasteiger partial charge in [-0.15, -0.1) is 0 Å². The Morgan fingerprint density at radius 3 is 2.27 bits per heavy atom. The van der Waals surface area contributed by atoms with E-state index in [4.69, 9.17) is 14.2 Å². The third-order valence-electron chi connectivity index (χ3n) is 6.49. The number of amides is 1. The first-order valence-corrected chi connectivity index (χ1v) is 12.7. The van der Waals surface area contributed by atoms with Gasteiger partial charge in [-0.25, -0.2) is 0 Å². The predicted octanol–water partition coefficient (Wildman–Crippen LogP) is 5.56. The van der Waals surface area contributed by atoms with Gasteiger partial charge in [0, 0.05) is 57.1 Å². The molecule has 0 saturated carbocycles. The molecule has 0 atom stereocenters. The molecule has 0 aliphatic carbocycles. The second-order valence-electron chi connectivity index (χ2n) is 9.30. The van der Waals surface area contributed by atoms with Crippen LogP contribution >= 0.6 is 0 Å². The van der Waals surface area contributed by atoms with Gasteiger partial charge in [0.15, 0.2) is 0 Å². The molecule has 3 aromatic rings. The summed E-state index contributed by atoms with van der Waals surface area (Å²) in [5.74, 6) is 0.696. The fraction of sp³-hybridized carbons (Fsp3) is 0.323. The van der Waals surface area contributed by atoms with Crippen molar-refractivity contribution in [3.63, 3.8) is 0 Å². The zero-order chi connectivity index (χ0) is 26.0. The number of ether oxygens (including phenoxy) is 3. The number of nitrogens with one attached hydrogen (secondary N) is 1. The monoisotopic (exact) mass is 500 g/mol. The molecule has 1 aliphatic heterocycles. The van der Waals surface area contributed by atoms with Gasteiger partial charge >= 0.3 is 0 Å². The van der Waals surface area contributed by atoms with Gasteiger partial charge in [0.2, 0.25) is 0 Å². The lowest BCUT2D eigenvalue weighted by molar-refractivity contribution is -0.113. The average Bonchev–Trinajstić information content (AvgIpc) is 3.14. The molecule has 6 heteroatoms. The number of rotatable bonds is 11. The Kier molecular flexibility index (Phi) is 9.49. The summed E-state index contributed by atoms with van der Waals surface area (Å²) in [4.78, 5) is 15.4. The smallest absolute Gasteiger partial charge is 0.251 e. The molecule has 0 aromatic heterocycles. The largest absolute Gasteiger partial charge is 0.493 e. The topological polar surface area (TPSA) is 60.0 Å². The van der Waals surface area contributed by atoms with Crippen LogP contribution in [0.2, 0.25) is 0 Å². The Morgan fingerprint density at radius 1 is 0.919 bits per heavy atom. The van der Waals surface area contributed by atoms with E-state index in [1.165, 1.54) is 11.1 Å². The van der Waals surface area contributed by atoms with Crippen LogP contribution < -0.4 is 10.1 Å². The van der Waals surface area contributed by atoms with E-state index in [0.717, 1.165) is 47.8 Å². The molecule has 37 heavy (non-hydrogen) atoms. The van der Waals surface area contributed by atoms with Crippen molar-refractivity contribution in [2.45, 2.75) is 19.9 Å². The number of anilines is 1. The van der Waals surface area contributed by atoms with Gasteiger partial charge in [0.25, 0.3) is 5.91 Å². The van der Waals surface area contributed by atoms with E-state index in [1.807, 2.05) is 24.3 Å². The van der Waals surface area contributed by atoms with Crippen molar-refractivity contribution in [3.8, 4) is 16.9 Å². The van der Waals surface area contributed by atoms with E-state index in [2.05, 4.69) is 65.7 Å². The van der Waals surface area contributed by atoms with Crippen molar-refractivity contribution in [3.05, 3.63) is 89.0 Å². The Morgan fingerprint density at radius 2 is 1.59 bits per heavy atom. The number of hydrogen-bond donors (Lipinski definition) is 1. The lowest BCUT2D eigenvalue weighted by Crippen LogP contribution is -2.30. The molecular formula is C31H36N2O4. The van der Waals surface area contributed by atoms with Crippen molar-refractivity contribution in [2.75, 3.05) is 52.4 Å². The fourth-order valence-electron chi connectivity index (χ4n) is 4.30. The maximum atomic E-state index is 13.2. The maximum Gasteiger partial charge on any atom is 0.251 e. The molecule has 0 bridgehead atoms. The third kappa shape index (κ3) is 7.52. The highest BCUT2D eigenvalue weighted by atomic mass is 16.5. The van der Waals surface area contributed by atoms with E-state index >= 15 is 0 Å². The van der Waals surface area contributed by atoms with E-state index in [-0.39, 0.29) is 5.91 Å². The molecule has 1 N–H and O–H groups in total. The van der Waals surface area contributed by atoms with Gasteiger partial charge in [0.1, 0.15) is 5.75 Å². The van der Waals surface area contributed by atoms with Crippen LogP contribution in [-0.2, 0) is 20.8 Å². The van der Waals surface area contributed by atoms with Crippen LogP contribution in [0, 0.1) is 6.92 Å². The summed E-state index contributed by atoms with van der Waals surface area (Å²) in [5, 5.41) is 3.06. The molecule has 1 heterocycles. The molecule has 4 rings (SSSR count). The molecule has 194 valence electrons. The van der Waals surface area contributed by atoms with E-state index < -0.39 is 0 Å². The lowest BCUT2D eigenvalue weighted by Gasteiger charge is -2.21. The molecule has 0 unspecified atom stereocenters. The summed E-state index contributed by atoms with van der Waals surface area (Å²) in [6, 6.07) is 22.6. The Balaban J connectivity index is 1.44. The van der Waals surface area contributed by atoms with Crippen LogP contribution in [0.4, 0.5) is 5.69 Å². The van der Waals surface area contributed by atoms with Crippen molar-refractivity contribution in [2.24, 2.45) is 0 Å². The van der Waals surface area contributed by atoms with Gasteiger partial charge in [-0.1, -0.05) is 48.0 Å².